The molecule has 1 atom stereocenters. The van der Waals surface area contributed by atoms with Crippen molar-refractivity contribution in [1.29, 1.82) is 0 Å². The zero-order valence-corrected chi connectivity index (χ0v) is 16.7. The number of amides is 1. The van der Waals surface area contributed by atoms with E-state index in [0.29, 0.717) is 16.1 Å². The van der Waals surface area contributed by atoms with E-state index in [-0.39, 0.29) is 35.7 Å². The number of aliphatic carboxylic acids is 1. The van der Waals surface area contributed by atoms with Crippen LogP contribution in [-0.4, -0.2) is 39.3 Å². The Labute approximate surface area is 177 Å². The van der Waals surface area contributed by atoms with Crippen LogP contribution in [0.2, 0.25) is 10.0 Å². The van der Waals surface area contributed by atoms with Gasteiger partial charge >= 0.3 is 5.97 Å². The molecule has 0 bridgehead atoms. The lowest BCUT2D eigenvalue weighted by molar-refractivity contribution is -0.140. The summed E-state index contributed by atoms with van der Waals surface area (Å²) in [7, 11) is 0. The van der Waals surface area contributed by atoms with Gasteiger partial charge in [-0.05, 0) is 24.1 Å². The van der Waals surface area contributed by atoms with Crippen LogP contribution in [-0.2, 0) is 14.4 Å². The highest BCUT2D eigenvalue weighted by molar-refractivity contribution is 6.47. The average Bonchev–Trinajstić information content (AvgIpc) is 2.93. The van der Waals surface area contributed by atoms with Crippen molar-refractivity contribution in [3.8, 4) is 0 Å². The van der Waals surface area contributed by atoms with Gasteiger partial charge in [0.05, 0.1) is 11.6 Å². The monoisotopic (exact) mass is 433 g/mol. The van der Waals surface area contributed by atoms with Gasteiger partial charge in [0.2, 0.25) is 0 Å². The van der Waals surface area contributed by atoms with Crippen LogP contribution in [0, 0.1) is 0 Å². The number of aliphatic hydroxyl groups excluding tert-OH is 1. The van der Waals surface area contributed by atoms with Gasteiger partial charge in [-0.3, -0.25) is 14.4 Å². The van der Waals surface area contributed by atoms with E-state index in [1.54, 1.807) is 42.5 Å². The third-order valence-electron chi connectivity index (χ3n) is 4.63. The van der Waals surface area contributed by atoms with Crippen LogP contribution in [0.5, 0.6) is 0 Å². The Kier molecular flexibility index (Phi) is 6.25. The van der Waals surface area contributed by atoms with E-state index in [1.165, 1.54) is 11.0 Å². The first-order valence-corrected chi connectivity index (χ1v) is 9.57. The number of aliphatic hydroxyl groups is 1. The first-order chi connectivity index (χ1) is 13.8. The van der Waals surface area contributed by atoms with Crippen LogP contribution in [0.15, 0.2) is 54.1 Å². The molecule has 2 aromatic carbocycles. The topological polar surface area (TPSA) is 94.9 Å². The third-order valence-corrected chi connectivity index (χ3v) is 5.20. The van der Waals surface area contributed by atoms with Crippen molar-refractivity contribution in [3.05, 3.63) is 75.3 Å². The number of carbonyl (C=O) groups is 3. The lowest BCUT2D eigenvalue weighted by atomic mass is 9.95. The van der Waals surface area contributed by atoms with E-state index in [2.05, 4.69) is 0 Å². The van der Waals surface area contributed by atoms with E-state index >= 15 is 0 Å². The third kappa shape index (κ3) is 4.28. The summed E-state index contributed by atoms with van der Waals surface area (Å²) in [5.74, 6) is -2.99. The molecule has 0 radical (unpaired) electrons. The van der Waals surface area contributed by atoms with Gasteiger partial charge in [0, 0.05) is 28.6 Å². The number of nitrogens with zero attached hydrogens (tertiary/aromatic N) is 1. The summed E-state index contributed by atoms with van der Waals surface area (Å²) in [5, 5.41) is 20.3. The minimum absolute atomic E-state index is 0.0199. The molecular weight excluding hydrogens is 417 g/mol. The van der Waals surface area contributed by atoms with E-state index < -0.39 is 23.7 Å². The molecule has 1 unspecified atom stereocenters. The van der Waals surface area contributed by atoms with E-state index in [4.69, 9.17) is 28.3 Å². The highest BCUT2D eigenvalue weighted by atomic mass is 35.5. The van der Waals surface area contributed by atoms with Gasteiger partial charge in [0.15, 0.2) is 0 Å². The maximum absolute atomic E-state index is 12.8. The van der Waals surface area contributed by atoms with Gasteiger partial charge < -0.3 is 15.1 Å². The van der Waals surface area contributed by atoms with Gasteiger partial charge in [0.1, 0.15) is 5.76 Å². The molecule has 1 fully saturated rings. The minimum atomic E-state index is -1.01. The van der Waals surface area contributed by atoms with Gasteiger partial charge in [0.25, 0.3) is 11.7 Å². The number of hydrogen-bond donors (Lipinski definition) is 2. The molecule has 3 rings (SSSR count). The Morgan fingerprint density at radius 3 is 2.34 bits per heavy atom. The standard InChI is InChI=1S/C21H17Cl2NO5/c22-13-8-9-14(15(23)11-13)18-17(19(27)12-5-2-1-3-6-12)20(28)21(29)24(18)10-4-7-16(25)26/h1-3,5-6,8-9,11,18,27H,4,7,10H2,(H,25,26)/b19-17+. The van der Waals surface area contributed by atoms with Crippen LogP contribution in [0.25, 0.3) is 5.76 Å². The molecular formula is C21H17Cl2NO5. The zero-order valence-electron chi connectivity index (χ0n) is 15.1. The summed E-state index contributed by atoms with van der Waals surface area (Å²) in [6.07, 6.45) is -0.0157. The molecule has 8 heteroatoms. The van der Waals surface area contributed by atoms with Crippen molar-refractivity contribution in [2.24, 2.45) is 0 Å². The minimum Gasteiger partial charge on any atom is -0.507 e. The molecule has 1 aliphatic heterocycles. The highest BCUT2D eigenvalue weighted by Crippen LogP contribution is 2.42. The second-order valence-corrected chi connectivity index (χ2v) is 7.37. The van der Waals surface area contributed by atoms with E-state index in [1.807, 2.05) is 0 Å². The van der Waals surface area contributed by atoms with Crippen LogP contribution in [0.3, 0.4) is 0 Å². The van der Waals surface area contributed by atoms with Crippen molar-refractivity contribution in [2.75, 3.05) is 6.54 Å². The molecule has 6 nitrogen and oxygen atoms in total. The summed E-state index contributed by atoms with van der Waals surface area (Å²) < 4.78 is 0. The number of Topliss-reactive ketones (excluding diaryl/α,β-unsaturated/α-hetero) is 1. The maximum atomic E-state index is 12.8. The number of rotatable bonds is 6. The SMILES string of the molecule is O=C(O)CCCN1C(=O)C(=O)/C(=C(/O)c2ccccc2)C1c1ccc(Cl)cc1Cl. The van der Waals surface area contributed by atoms with Gasteiger partial charge in [-0.2, -0.15) is 0 Å². The zero-order chi connectivity index (χ0) is 21.1. The first kappa shape index (κ1) is 20.9. The van der Waals surface area contributed by atoms with E-state index in [9.17, 15) is 19.5 Å². The number of benzene rings is 2. The molecule has 29 heavy (non-hydrogen) atoms. The van der Waals surface area contributed by atoms with Crippen molar-refractivity contribution in [1.82, 2.24) is 4.90 Å². The molecule has 150 valence electrons. The number of hydrogen-bond acceptors (Lipinski definition) is 4. The van der Waals surface area contributed by atoms with Gasteiger partial charge in [-0.15, -0.1) is 0 Å². The van der Waals surface area contributed by atoms with Crippen LogP contribution >= 0.6 is 23.2 Å². The summed E-state index contributed by atoms with van der Waals surface area (Å²) >= 11 is 12.3. The lowest BCUT2D eigenvalue weighted by Crippen LogP contribution is -2.31. The summed E-state index contributed by atoms with van der Waals surface area (Å²) in [6.45, 7) is 0.0199. The largest absolute Gasteiger partial charge is 0.507 e. The molecule has 0 aliphatic carbocycles. The Morgan fingerprint density at radius 1 is 1.03 bits per heavy atom. The second kappa shape index (κ2) is 8.68. The normalized spacial score (nSPS) is 18.3. The molecule has 1 saturated heterocycles. The predicted molar refractivity (Wildman–Crippen MR) is 109 cm³/mol. The number of halogens is 2. The van der Waals surface area contributed by atoms with Crippen molar-refractivity contribution >= 4 is 46.6 Å². The molecule has 0 saturated carbocycles. The number of ketones is 1. The first-order valence-electron chi connectivity index (χ1n) is 8.82. The lowest BCUT2D eigenvalue weighted by Gasteiger charge is -2.26. The average molecular weight is 434 g/mol. The summed E-state index contributed by atoms with van der Waals surface area (Å²) in [5.41, 5.74) is 0.704. The summed E-state index contributed by atoms with van der Waals surface area (Å²) in [6, 6.07) is 12.1. The van der Waals surface area contributed by atoms with Crippen molar-refractivity contribution < 1.29 is 24.6 Å². The van der Waals surface area contributed by atoms with Crippen LogP contribution in [0.1, 0.15) is 30.0 Å². The molecule has 0 aromatic heterocycles. The number of carboxylic acid groups (broad SMARTS) is 1. The fourth-order valence-electron chi connectivity index (χ4n) is 3.31. The van der Waals surface area contributed by atoms with Gasteiger partial charge in [-0.1, -0.05) is 59.6 Å². The number of carboxylic acids is 1. The summed E-state index contributed by atoms with van der Waals surface area (Å²) in [4.78, 5) is 37.6. The van der Waals surface area contributed by atoms with E-state index in [0.717, 1.165) is 0 Å². The van der Waals surface area contributed by atoms with Crippen molar-refractivity contribution in [2.45, 2.75) is 18.9 Å². The molecule has 2 N–H and O–H groups in total. The molecule has 1 heterocycles. The maximum Gasteiger partial charge on any atom is 0.303 e. The Balaban J connectivity index is 2.13. The fourth-order valence-corrected chi connectivity index (χ4v) is 3.82. The Bertz CT molecular complexity index is 1000. The van der Waals surface area contributed by atoms with Crippen molar-refractivity contribution in [3.63, 3.8) is 0 Å². The van der Waals surface area contributed by atoms with Crippen LogP contribution in [0.4, 0.5) is 0 Å². The molecule has 0 spiro atoms. The predicted octanol–water partition coefficient (Wildman–Crippen LogP) is 4.28. The number of likely N-dealkylation sites (tertiary alicyclic amines) is 1. The van der Waals surface area contributed by atoms with Gasteiger partial charge in [-0.25, -0.2) is 0 Å². The Morgan fingerprint density at radius 2 is 1.72 bits per heavy atom. The Hall–Kier alpha value is -2.83. The molecule has 1 aliphatic rings. The fraction of sp³-hybridized carbons (Fsp3) is 0.190. The quantitative estimate of drug-likeness (QED) is 0.402. The molecule has 1 amide bonds. The highest BCUT2D eigenvalue weighted by Gasteiger charge is 2.46. The molecule has 2 aromatic rings. The van der Waals surface area contributed by atoms with Crippen LogP contribution < -0.4 is 0 Å². The number of carbonyl (C=O) groups excluding carboxylic acids is 2. The smallest absolute Gasteiger partial charge is 0.303 e. The second-order valence-electron chi connectivity index (χ2n) is 6.52.